The molecule has 276 valence electrons. The van der Waals surface area contributed by atoms with Crippen LogP contribution in [0, 0.1) is 5.92 Å². The quantitative estimate of drug-likeness (QED) is 0.0235. The summed E-state index contributed by atoms with van der Waals surface area (Å²) in [6.07, 6.45) is 3.40. The number of amides is 2. The van der Waals surface area contributed by atoms with Crippen molar-refractivity contribution in [2.24, 2.45) is 18.1 Å². The summed E-state index contributed by atoms with van der Waals surface area (Å²) in [5, 5.41) is 24.5. The first-order valence-electron chi connectivity index (χ1n) is 15.8. The third kappa shape index (κ3) is 9.36. The number of benzene rings is 1. The smallest absolute Gasteiger partial charge is 0.418 e. The first-order chi connectivity index (χ1) is 24.1. The molecule has 0 bridgehead atoms. The van der Waals surface area contributed by atoms with E-state index in [9.17, 15) is 27.9 Å². The number of aliphatic carboxylic acids is 1. The van der Waals surface area contributed by atoms with Gasteiger partial charge in [0.05, 0.1) is 23.8 Å². The van der Waals surface area contributed by atoms with Crippen LogP contribution in [0.5, 0.6) is 5.75 Å². The zero-order valence-corrected chi connectivity index (χ0v) is 29.6. The van der Waals surface area contributed by atoms with E-state index in [0.717, 1.165) is 67.5 Å². The number of carboxylic acids is 1. The minimum absolute atomic E-state index is 0.0649. The van der Waals surface area contributed by atoms with Gasteiger partial charge in [0.15, 0.2) is 17.9 Å². The number of thiazole rings is 1. The van der Waals surface area contributed by atoms with Gasteiger partial charge in [0.2, 0.25) is 6.20 Å². The highest BCUT2D eigenvalue weighted by Gasteiger charge is 2.58. The van der Waals surface area contributed by atoms with E-state index in [2.05, 4.69) is 41.3 Å². The van der Waals surface area contributed by atoms with Gasteiger partial charge < -0.3 is 36.4 Å². The van der Waals surface area contributed by atoms with Gasteiger partial charge in [-0.1, -0.05) is 17.3 Å². The zero-order valence-electron chi connectivity index (χ0n) is 28.0. The lowest BCUT2D eigenvalue weighted by Gasteiger charge is -2.50. The van der Waals surface area contributed by atoms with Gasteiger partial charge in [-0.2, -0.15) is 18.2 Å². The van der Waals surface area contributed by atoms with Crippen molar-refractivity contribution in [2.75, 3.05) is 38.5 Å². The Morgan fingerprint density at radius 2 is 1.98 bits per heavy atom. The summed E-state index contributed by atoms with van der Waals surface area (Å²) in [5.41, 5.74) is 5.63. The largest absolute Gasteiger partial charge is 0.489 e. The molecule has 5 rings (SSSR count). The molecule has 2 fully saturated rings. The van der Waals surface area contributed by atoms with Crippen LogP contribution in [0.4, 0.5) is 5.13 Å². The van der Waals surface area contributed by atoms with E-state index in [-0.39, 0.29) is 10.8 Å². The number of nitrogens with zero attached hydrogens (tertiary/aromatic N) is 5. The summed E-state index contributed by atoms with van der Waals surface area (Å²) in [4.78, 5) is 47.1. The number of ether oxygens (including phenoxy) is 1. The normalized spacial score (nSPS) is 18.1. The number of nitrogens with two attached hydrogens (primary N) is 1. The molecule has 19 nitrogen and oxygen atoms in total. The Morgan fingerprint density at radius 1 is 1.25 bits per heavy atom. The number of carbonyl (C=O) groups is 3. The molecule has 7 N–H and O–H groups in total. The van der Waals surface area contributed by atoms with E-state index in [0.29, 0.717) is 10.8 Å². The Morgan fingerprint density at radius 3 is 2.57 bits per heavy atom. The number of nitrogen functional groups attached to an aromatic ring is 1. The van der Waals surface area contributed by atoms with Crippen molar-refractivity contribution in [3.63, 3.8) is 0 Å². The maximum atomic E-state index is 13.3. The lowest BCUT2D eigenvalue weighted by Crippen LogP contribution is -2.76. The van der Waals surface area contributed by atoms with Crippen molar-refractivity contribution in [3.05, 3.63) is 47.7 Å². The van der Waals surface area contributed by atoms with Gasteiger partial charge in [0.25, 0.3) is 17.9 Å². The molecule has 0 spiro atoms. The highest BCUT2D eigenvalue weighted by atomic mass is 32.3. The molecule has 2 aliphatic rings. The number of carbonyl (C=O) groups excluding carboxylic acids is 2. The molecule has 0 unspecified atom stereocenters. The van der Waals surface area contributed by atoms with Crippen LogP contribution in [0.3, 0.4) is 0 Å². The minimum atomic E-state index is -5.02. The first-order valence-corrected chi connectivity index (χ1v) is 18.1. The van der Waals surface area contributed by atoms with Gasteiger partial charge in [-0.25, -0.2) is 9.78 Å². The second-order valence-electron chi connectivity index (χ2n) is 12.5. The molecule has 2 aliphatic heterocycles. The summed E-state index contributed by atoms with van der Waals surface area (Å²) in [6.45, 7) is 7.23. The summed E-state index contributed by atoms with van der Waals surface area (Å²) in [6, 6.07) is 5.75. The third-order valence-corrected chi connectivity index (χ3v) is 9.31. The van der Waals surface area contributed by atoms with Crippen LogP contribution in [-0.4, -0.2) is 107 Å². The van der Waals surface area contributed by atoms with Crippen molar-refractivity contribution in [2.45, 2.75) is 44.5 Å². The van der Waals surface area contributed by atoms with Crippen LogP contribution in [0.15, 0.2) is 47.2 Å². The van der Waals surface area contributed by atoms with Crippen LogP contribution < -0.4 is 31.1 Å². The monoisotopic (exact) mass is 750 g/mol. The molecule has 4 heterocycles. The third-order valence-electron chi connectivity index (χ3n) is 8.30. The van der Waals surface area contributed by atoms with Gasteiger partial charge in [0, 0.05) is 25.0 Å². The molecule has 2 saturated heterocycles. The number of β-lactam (4-membered cyclic amide) rings is 1. The number of rotatable bonds is 18. The van der Waals surface area contributed by atoms with Crippen LogP contribution in [0.25, 0.3) is 11.1 Å². The van der Waals surface area contributed by atoms with Crippen molar-refractivity contribution in [1.29, 1.82) is 0 Å². The lowest BCUT2D eigenvalue weighted by atomic mass is 9.84. The van der Waals surface area contributed by atoms with Crippen molar-refractivity contribution >= 4 is 50.4 Å². The Bertz CT molecular complexity index is 1870. The van der Waals surface area contributed by atoms with E-state index < -0.39 is 58.2 Å². The fourth-order valence-electron chi connectivity index (χ4n) is 5.30. The van der Waals surface area contributed by atoms with E-state index >= 15 is 0 Å². The molecule has 2 atom stereocenters. The average Bonchev–Trinajstić information content (AvgIpc) is 3.65. The fourth-order valence-corrected chi connectivity index (χ4v) is 6.30. The SMILES string of the molecule is C[n+]1cc(-c2ccc(OC[C@H](O/N=C(/C(=O)N[C@@H]3C(=O)N(OS(=O)(=O)O)C3(C)C)c3csc(N)n3)C(=O)O)cc2)cn1CCCNCC1CNC1. The van der Waals surface area contributed by atoms with Gasteiger partial charge in [-0.05, 0) is 50.4 Å². The Kier molecular flexibility index (Phi) is 11.6. The zero-order chi connectivity index (χ0) is 36.9. The highest BCUT2D eigenvalue weighted by molar-refractivity contribution is 7.80. The van der Waals surface area contributed by atoms with Gasteiger partial charge in [0.1, 0.15) is 24.1 Å². The summed E-state index contributed by atoms with van der Waals surface area (Å²) in [7, 11) is -3.04. The number of anilines is 1. The van der Waals surface area contributed by atoms with Crippen LogP contribution >= 0.6 is 11.3 Å². The number of hydrogen-bond donors (Lipinski definition) is 6. The Hall–Kier alpha value is -4.67. The second-order valence-corrected chi connectivity index (χ2v) is 14.4. The second kappa shape index (κ2) is 15.7. The number of oxime groups is 1. The van der Waals surface area contributed by atoms with Gasteiger partial charge in [-0.15, -0.1) is 20.3 Å². The Labute approximate surface area is 297 Å². The average molecular weight is 751 g/mol. The van der Waals surface area contributed by atoms with Crippen LogP contribution in [0.1, 0.15) is 26.0 Å². The molecule has 21 heteroatoms. The summed E-state index contributed by atoms with van der Waals surface area (Å²) >= 11 is 0.966. The molecule has 3 aromatic rings. The predicted molar refractivity (Wildman–Crippen MR) is 181 cm³/mol. The Balaban J connectivity index is 1.18. The molecule has 2 amide bonds. The molecule has 1 aromatic carbocycles. The number of nitrogens with one attached hydrogen (secondary N) is 3. The number of aromatic nitrogens is 3. The van der Waals surface area contributed by atoms with Gasteiger partial charge >= 0.3 is 16.4 Å². The standard InChI is InChI=1S/C30H39N9O10S2/c1-30(2)25(27(41)39(30)49-51(44,45)46)35-26(40)24(22-17-50-29(31)34-22)36-48-23(28(42)43)16-47-21-7-5-19(6-8-21)20-14-37(3)38(15-20)10-4-9-32-11-18-12-33-13-18/h5-8,14-15,17-18,23,25,32-33H,4,9-13,16H2,1-3H3,(H4-,31,34,35,40,42,43,44,45,46)/p+1/b36-24+/t23-,25+/m0/s1. The number of aryl methyl sites for hydroxylation is 2. The lowest BCUT2D eigenvalue weighted by molar-refractivity contribution is -0.753. The maximum absolute atomic E-state index is 13.3. The number of carboxylic acid groups (broad SMARTS) is 1. The molecular weight excluding hydrogens is 711 g/mol. The van der Waals surface area contributed by atoms with Crippen molar-refractivity contribution < 1.29 is 51.0 Å². The molecule has 0 aliphatic carbocycles. The van der Waals surface area contributed by atoms with E-state index in [1.807, 2.05) is 30.1 Å². The number of hydrogen-bond acceptors (Lipinski definition) is 14. The molecule has 51 heavy (non-hydrogen) atoms. The summed E-state index contributed by atoms with van der Waals surface area (Å²) in [5.74, 6) is -2.36. The maximum Gasteiger partial charge on any atom is 0.418 e. The highest BCUT2D eigenvalue weighted by Crippen LogP contribution is 2.33. The van der Waals surface area contributed by atoms with E-state index in [1.165, 1.54) is 19.2 Å². The van der Waals surface area contributed by atoms with Crippen LogP contribution in [-0.2, 0) is 47.5 Å². The molecule has 0 saturated carbocycles. The van der Waals surface area contributed by atoms with Crippen molar-refractivity contribution in [1.82, 2.24) is 30.7 Å². The first kappa shape index (κ1) is 37.6. The fraction of sp³-hybridized carbons (Fsp3) is 0.467. The topological polar surface area (TPSA) is 253 Å². The number of hydroxylamine groups is 2. The van der Waals surface area contributed by atoms with Crippen molar-refractivity contribution in [3.8, 4) is 16.9 Å². The van der Waals surface area contributed by atoms with E-state index in [1.54, 1.807) is 12.1 Å². The minimum Gasteiger partial charge on any atom is -0.489 e. The molecule has 2 aromatic heterocycles. The molecule has 0 radical (unpaired) electrons. The molecular formula is C30H40N9O10S2+. The van der Waals surface area contributed by atoms with Crippen LogP contribution in [0.2, 0.25) is 0 Å². The summed E-state index contributed by atoms with van der Waals surface area (Å²) < 4.78 is 45.3. The van der Waals surface area contributed by atoms with E-state index in [4.69, 9.17) is 19.9 Å². The van der Waals surface area contributed by atoms with Gasteiger partial charge in [-0.3, -0.25) is 14.1 Å². The predicted octanol–water partition coefficient (Wildman–Crippen LogP) is -0.690.